The van der Waals surface area contributed by atoms with Gasteiger partial charge in [0.2, 0.25) is 10.0 Å². The first-order chi connectivity index (χ1) is 9.33. The van der Waals surface area contributed by atoms with E-state index in [9.17, 15) is 8.42 Å². The lowest BCUT2D eigenvalue weighted by Gasteiger charge is -2.16. The minimum atomic E-state index is -3.49. The summed E-state index contributed by atoms with van der Waals surface area (Å²) in [5.74, 6) is 0. The normalized spacial score (nSPS) is 20.5. The van der Waals surface area contributed by atoms with Crippen molar-refractivity contribution < 1.29 is 8.42 Å². The Hall–Kier alpha value is -0.950. The van der Waals surface area contributed by atoms with Crippen molar-refractivity contribution in [3.05, 3.63) is 28.8 Å². The molecule has 112 valence electrons. The van der Waals surface area contributed by atoms with Crippen molar-refractivity contribution in [2.24, 2.45) is 5.73 Å². The molecule has 6 heteroatoms. The lowest BCUT2D eigenvalue weighted by Crippen LogP contribution is -2.36. The summed E-state index contributed by atoms with van der Waals surface area (Å²) in [7, 11) is -1.49. The van der Waals surface area contributed by atoms with E-state index in [0.717, 1.165) is 36.2 Å². The predicted molar refractivity (Wildman–Crippen MR) is 80.0 cm³/mol. The van der Waals surface area contributed by atoms with Crippen molar-refractivity contribution >= 4 is 10.0 Å². The van der Waals surface area contributed by atoms with Gasteiger partial charge in [0.1, 0.15) is 0 Å². The van der Waals surface area contributed by atoms with Crippen LogP contribution >= 0.6 is 0 Å². The molecule has 2 rings (SSSR count). The van der Waals surface area contributed by atoms with E-state index in [4.69, 9.17) is 5.73 Å². The van der Waals surface area contributed by atoms with E-state index in [1.54, 1.807) is 6.07 Å². The van der Waals surface area contributed by atoms with Gasteiger partial charge < -0.3 is 10.6 Å². The third kappa shape index (κ3) is 3.20. The summed E-state index contributed by atoms with van der Waals surface area (Å²) in [4.78, 5) is 2.48. The average molecular weight is 297 g/mol. The summed E-state index contributed by atoms with van der Waals surface area (Å²) >= 11 is 0. The molecule has 0 spiro atoms. The van der Waals surface area contributed by atoms with Gasteiger partial charge in [-0.2, -0.15) is 0 Å². The molecule has 0 aliphatic carbocycles. The summed E-state index contributed by atoms with van der Waals surface area (Å²) in [6.07, 6.45) is 0.852. The summed E-state index contributed by atoms with van der Waals surface area (Å²) in [5, 5.41) is 0. The van der Waals surface area contributed by atoms with E-state index in [-0.39, 0.29) is 6.04 Å². The Kier molecular flexibility index (Phi) is 4.49. The topological polar surface area (TPSA) is 75.4 Å². The molecule has 0 amide bonds. The smallest absolute Gasteiger partial charge is 0.241 e. The van der Waals surface area contributed by atoms with Crippen LogP contribution in [0.1, 0.15) is 23.1 Å². The molecular formula is C14H23N3O2S. The minimum absolute atomic E-state index is 0.00811. The number of aryl methyl sites for hydroxylation is 1. The number of nitrogens with one attached hydrogen (secondary N) is 1. The Morgan fingerprint density at radius 1 is 1.40 bits per heavy atom. The molecule has 0 radical (unpaired) electrons. The molecule has 0 bridgehead atoms. The van der Waals surface area contributed by atoms with E-state index >= 15 is 0 Å². The maximum Gasteiger partial charge on any atom is 0.241 e. The molecule has 1 saturated heterocycles. The molecule has 0 aromatic heterocycles. The molecule has 5 nitrogen and oxygen atoms in total. The second-order valence-electron chi connectivity index (χ2n) is 5.61. The van der Waals surface area contributed by atoms with Crippen LogP contribution in [0.25, 0.3) is 0 Å². The fraction of sp³-hybridized carbons (Fsp3) is 0.571. The van der Waals surface area contributed by atoms with E-state index in [1.807, 2.05) is 27.0 Å². The first-order valence-corrected chi connectivity index (χ1v) is 8.33. The van der Waals surface area contributed by atoms with Gasteiger partial charge in [-0.25, -0.2) is 13.1 Å². The van der Waals surface area contributed by atoms with Gasteiger partial charge >= 0.3 is 0 Å². The van der Waals surface area contributed by atoms with Crippen molar-refractivity contribution in [1.82, 2.24) is 9.62 Å². The quantitative estimate of drug-likeness (QED) is 0.860. The zero-order valence-electron chi connectivity index (χ0n) is 12.3. The molecule has 1 fully saturated rings. The number of likely N-dealkylation sites (N-methyl/N-ethyl adjacent to an activating group) is 1. The van der Waals surface area contributed by atoms with Gasteiger partial charge in [0.15, 0.2) is 0 Å². The van der Waals surface area contributed by atoms with Gasteiger partial charge in [-0.15, -0.1) is 0 Å². The monoisotopic (exact) mass is 297 g/mol. The number of sulfonamides is 1. The van der Waals surface area contributed by atoms with Crippen LogP contribution in [0.15, 0.2) is 17.0 Å². The Balaban J connectivity index is 2.31. The second-order valence-corrected chi connectivity index (χ2v) is 7.29. The molecule has 0 saturated carbocycles. The summed E-state index contributed by atoms with van der Waals surface area (Å²) < 4.78 is 27.9. The van der Waals surface area contributed by atoms with Crippen molar-refractivity contribution in [2.45, 2.75) is 37.8 Å². The van der Waals surface area contributed by atoms with Crippen LogP contribution < -0.4 is 10.5 Å². The highest BCUT2D eigenvalue weighted by molar-refractivity contribution is 7.89. The lowest BCUT2D eigenvalue weighted by atomic mass is 10.1. The third-order valence-electron chi connectivity index (χ3n) is 3.92. The summed E-state index contributed by atoms with van der Waals surface area (Å²) in [6.45, 7) is 5.78. The molecule has 1 atom stereocenters. The number of hydrogen-bond acceptors (Lipinski definition) is 4. The summed E-state index contributed by atoms with van der Waals surface area (Å²) in [5.41, 5.74) is 8.23. The molecule has 20 heavy (non-hydrogen) atoms. The van der Waals surface area contributed by atoms with Gasteiger partial charge in [-0.3, -0.25) is 0 Å². The van der Waals surface area contributed by atoms with Gasteiger partial charge in [0, 0.05) is 19.1 Å². The van der Waals surface area contributed by atoms with Crippen LogP contribution in [0.3, 0.4) is 0 Å². The Bertz CT molecular complexity index is 599. The van der Waals surface area contributed by atoms with Crippen LogP contribution in [0.2, 0.25) is 0 Å². The van der Waals surface area contributed by atoms with Gasteiger partial charge in [-0.05, 0) is 56.6 Å². The Morgan fingerprint density at radius 2 is 2.10 bits per heavy atom. The standard InChI is InChI=1S/C14H23N3O2S/c1-10-6-12(8-15)7-14(11(10)2)20(18,19)16-13-4-5-17(3)9-13/h6-7,13,16H,4-5,8-9,15H2,1-3H3. The Morgan fingerprint density at radius 3 is 2.65 bits per heavy atom. The van der Waals surface area contributed by atoms with E-state index in [1.165, 1.54) is 0 Å². The van der Waals surface area contributed by atoms with Crippen LogP contribution in [-0.4, -0.2) is 39.5 Å². The second kappa shape index (κ2) is 5.81. The number of benzene rings is 1. The SMILES string of the molecule is Cc1cc(CN)cc(S(=O)(=O)NC2CCN(C)C2)c1C. The molecule has 1 aliphatic rings. The zero-order chi connectivity index (χ0) is 14.9. The predicted octanol–water partition coefficient (Wildman–Crippen LogP) is 0.745. The van der Waals surface area contributed by atoms with Crippen molar-refractivity contribution in [1.29, 1.82) is 0 Å². The van der Waals surface area contributed by atoms with Crippen LogP contribution in [0.4, 0.5) is 0 Å². The Labute approximate surface area is 121 Å². The maximum atomic E-state index is 12.6. The molecule has 1 unspecified atom stereocenters. The van der Waals surface area contributed by atoms with E-state index < -0.39 is 10.0 Å². The van der Waals surface area contributed by atoms with Gasteiger partial charge in [-0.1, -0.05) is 6.07 Å². The highest BCUT2D eigenvalue weighted by Crippen LogP contribution is 2.22. The molecular weight excluding hydrogens is 274 g/mol. The average Bonchev–Trinajstić information content (AvgIpc) is 2.76. The highest BCUT2D eigenvalue weighted by atomic mass is 32.2. The van der Waals surface area contributed by atoms with E-state index in [2.05, 4.69) is 9.62 Å². The minimum Gasteiger partial charge on any atom is -0.326 e. The fourth-order valence-electron chi connectivity index (χ4n) is 2.61. The first kappa shape index (κ1) is 15.4. The third-order valence-corrected chi connectivity index (χ3v) is 5.56. The number of hydrogen-bond donors (Lipinski definition) is 2. The number of nitrogens with zero attached hydrogens (tertiary/aromatic N) is 1. The lowest BCUT2D eigenvalue weighted by molar-refractivity contribution is 0.407. The van der Waals surface area contributed by atoms with Crippen LogP contribution in [0.5, 0.6) is 0 Å². The zero-order valence-corrected chi connectivity index (χ0v) is 13.1. The number of rotatable bonds is 4. The molecule has 1 heterocycles. The maximum absolute atomic E-state index is 12.6. The fourth-order valence-corrected chi connectivity index (χ4v) is 4.24. The number of nitrogens with two attached hydrogens (primary N) is 1. The van der Waals surface area contributed by atoms with Gasteiger partial charge in [0.25, 0.3) is 0 Å². The molecule has 1 aromatic rings. The highest BCUT2D eigenvalue weighted by Gasteiger charge is 2.26. The molecule has 1 aromatic carbocycles. The van der Waals surface area contributed by atoms with Crippen LogP contribution in [-0.2, 0) is 16.6 Å². The number of likely N-dealkylation sites (tertiary alicyclic amines) is 1. The van der Waals surface area contributed by atoms with Gasteiger partial charge in [0.05, 0.1) is 4.90 Å². The van der Waals surface area contributed by atoms with Crippen molar-refractivity contribution in [2.75, 3.05) is 20.1 Å². The summed E-state index contributed by atoms with van der Waals surface area (Å²) in [6, 6.07) is 3.62. The van der Waals surface area contributed by atoms with E-state index in [0.29, 0.717) is 11.4 Å². The van der Waals surface area contributed by atoms with Crippen LogP contribution in [0, 0.1) is 13.8 Å². The van der Waals surface area contributed by atoms with Crippen molar-refractivity contribution in [3.63, 3.8) is 0 Å². The van der Waals surface area contributed by atoms with Crippen molar-refractivity contribution in [3.8, 4) is 0 Å². The molecule has 3 N–H and O–H groups in total. The largest absolute Gasteiger partial charge is 0.326 e. The molecule has 1 aliphatic heterocycles. The first-order valence-electron chi connectivity index (χ1n) is 6.84.